The maximum atomic E-state index is 13.8. The first-order valence-electron chi connectivity index (χ1n) is 5.10. The van der Waals surface area contributed by atoms with Gasteiger partial charge in [-0.15, -0.1) is 0 Å². The number of anilines is 1. The maximum Gasteiger partial charge on any atom is 0.129 e. The van der Waals surface area contributed by atoms with Gasteiger partial charge in [0.2, 0.25) is 0 Å². The van der Waals surface area contributed by atoms with Crippen LogP contribution in [0.3, 0.4) is 0 Å². The standard InChI is InChI=1S/C12H10Cl2FN3/c13-6-1-2-8(10(15)4-6)11(16)9-3-7(14)5-18-12(9)17/h1-5,11H,16H2,(H2,17,18). The lowest BCUT2D eigenvalue weighted by atomic mass is 10.00. The van der Waals surface area contributed by atoms with Crippen molar-refractivity contribution in [1.82, 2.24) is 4.98 Å². The summed E-state index contributed by atoms with van der Waals surface area (Å²) in [7, 11) is 0. The van der Waals surface area contributed by atoms with Crippen LogP contribution in [0.4, 0.5) is 10.2 Å². The van der Waals surface area contributed by atoms with Crippen LogP contribution in [0, 0.1) is 5.82 Å². The van der Waals surface area contributed by atoms with E-state index in [1.807, 2.05) is 0 Å². The van der Waals surface area contributed by atoms with Crippen LogP contribution in [-0.4, -0.2) is 4.98 Å². The number of rotatable bonds is 2. The van der Waals surface area contributed by atoms with Gasteiger partial charge in [-0.1, -0.05) is 29.3 Å². The van der Waals surface area contributed by atoms with Crippen molar-refractivity contribution < 1.29 is 4.39 Å². The van der Waals surface area contributed by atoms with Crippen molar-refractivity contribution in [3.63, 3.8) is 0 Å². The third kappa shape index (κ3) is 2.56. The highest BCUT2D eigenvalue weighted by atomic mass is 35.5. The molecule has 2 aromatic rings. The third-order valence-electron chi connectivity index (χ3n) is 2.55. The van der Waals surface area contributed by atoms with Gasteiger partial charge in [-0.2, -0.15) is 0 Å². The molecule has 2 rings (SSSR count). The largest absolute Gasteiger partial charge is 0.383 e. The number of aromatic nitrogens is 1. The van der Waals surface area contributed by atoms with Crippen LogP contribution in [0.25, 0.3) is 0 Å². The Morgan fingerprint density at radius 3 is 2.50 bits per heavy atom. The molecule has 0 aliphatic heterocycles. The van der Waals surface area contributed by atoms with Crippen molar-refractivity contribution >= 4 is 29.0 Å². The molecule has 94 valence electrons. The quantitative estimate of drug-likeness (QED) is 0.891. The zero-order valence-electron chi connectivity index (χ0n) is 9.20. The summed E-state index contributed by atoms with van der Waals surface area (Å²) >= 11 is 11.5. The average Bonchev–Trinajstić information content (AvgIpc) is 2.31. The van der Waals surface area contributed by atoms with Crippen molar-refractivity contribution in [1.29, 1.82) is 0 Å². The number of nitrogens with zero attached hydrogens (tertiary/aromatic N) is 1. The molecular formula is C12H10Cl2FN3. The molecule has 1 atom stereocenters. The molecule has 0 aliphatic rings. The van der Waals surface area contributed by atoms with Gasteiger partial charge in [0.05, 0.1) is 11.1 Å². The molecule has 1 heterocycles. The zero-order valence-corrected chi connectivity index (χ0v) is 10.7. The SMILES string of the molecule is Nc1ncc(Cl)cc1C(N)c1ccc(Cl)cc1F. The van der Waals surface area contributed by atoms with E-state index in [9.17, 15) is 4.39 Å². The summed E-state index contributed by atoms with van der Waals surface area (Å²) in [5.74, 6) is -0.268. The first-order chi connectivity index (χ1) is 8.49. The molecule has 0 aliphatic carbocycles. The Balaban J connectivity index is 2.47. The number of hydrogen-bond donors (Lipinski definition) is 2. The summed E-state index contributed by atoms with van der Waals surface area (Å²) in [4.78, 5) is 3.89. The minimum absolute atomic E-state index is 0.223. The third-order valence-corrected chi connectivity index (χ3v) is 2.99. The lowest BCUT2D eigenvalue weighted by molar-refractivity contribution is 0.600. The molecule has 1 aromatic heterocycles. The fourth-order valence-electron chi connectivity index (χ4n) is 1.64. The number of pyridine rings is 1. The highest BCUT2D eigenvalue weighted by Crippen LogP contribution is 2.28. The van der Waals surface area contributed by atoms with Crippen molar-refractivity contribution in [2.24, 2.45) is 5.73 Å². The number of hydrogen-bond acceptors (Lipinski definition) is 3. The molecule has 0 amide bonds. The van der Waals surface area contributed by atoms with Gasteiger partial charge in [-0.05, 0) is 18.2 Å². The van der Waals surface area contributed by atoms with E-state index < -0.39 is 11.9 Å². The van der Waals surface area contributed by atoms with E-state index in [2.05, 4.69) is 4.98 Å². The summed E-state index contributed by atoms with van der Waals surface area (Å²) < 4.78 is 13.8. The molecule has 0 spiro atoms. The molecule has 0 radical (unpaired) electrons. The van der Waals surface area contributed by atoms with Crippen LogP contribution < -0.4 is 11.5 Å². The van der Waals surface area contributed by atoms with Gasteiger partial charge in [0.15, 0.2) is 0 Å². The molecule has 18 heavy (non-hydrogen) atoms. The number of halogens is 3. The molecule has 6 heteroatoms. The van der Waals surface area contributed by atoms with Gasteiger partial charge in [-0.3, -0.25) is 0 Å². The Morgan fingerprint density at radius 1 is 1.11 bits per heavy atom. The Hall–Kier alpha value is -1.36. The van der Waals surface area contributed by atoms with Gasteiger partial charge in [0.25, 0.3) is 0 Å². The Labute approximate surface area is 114 Å². The van der Waals surface area contributed by atoms with Gasteiger partial charge in [0, 0.05) is 22.3 Å². The first-order valence-corrected chi connectivity index (χ1v) is 5.86. The van der Waals surface area contributed by atoms with Crippen molar-refractivity contribution in [2.75, 3.05) is 5.73 Å². The molecule has 0 saturated heterocycles. The van der Waals surface area contributed by atoms with Crippen LogP contribution in [0.1, 0.15) is 17.2 Å². The van der Waals surface area contributed by atoms with Gasteiger partial charge in [-0.25, -0.2) is 9.37 Å². The minimum atomic E-state index is -0.742. The van der Waals surface area contributed by atoms with Gasteiger partial charge >= 0.3 is 0 Å². The number of benzene rings is 1. The lowest BCUT2D eigenvalue weighted by Gasteiger charge is -2.15. The fraction of sp³-hybridized carbons (Fsp3) is 0.0833. The lowest BCUT2D eigenvalue weighted by Crippen LogP contribution is -2.16. The molecule has 0 saturated carbocycles. The highest BCUT2D eigenvalue weighted by molar-refractivity contribution is 6.30. The Kier molecular flexibility index (Phi) is 3.71. The number of nitrogen functional groups attached to an aromatic ring is 1. The van der Waals surface area contributed by atoms with E-state index >= 15 is 0 Å². The van der Waals surface area contributed by atoms with E-state index in [-0.39, 0.29) is 11.4 Å². The normalized spacial score (nSPS) is 12.4. The summed E-state index contributed by atoms with van der Waals surface area (Å²) in [6, 6.07) is 5.11. The predicted octanol–water partition coefficient (Wildman–Crippen LogP) is 3.16. The Bertz CT molecular complexity index is 590. The second-order valence-electron chi connectivity index (χ2n) is 3.77. The average molecular weight is 286 g/mol. The van der Waals surface area contributed by atoms with E-state index in [0.29, 0.717) is 15.6 Å². The van der Waals surface area contributed by atoms with Crippen LogP contribution in [0.5, 0.6) is 0 Å². The second kappa shape index (κ2) is 5.10. The van der Waals surface area contributed by atoms with Crippen LogP contribution in [0.15, 0.2) is 30.5 Å². The van der Waals surface area contributed by atoms with E-state index in [0.717, 1.165) is 0 Å². The molecular weight excluding hydrogens is 276 g/mol. The van der Waals surface area contributed by atoms with Crippen molar-refractivity contribution in [3.8, 4) is 0 Å². The monoisotopic (exact) mass is 285 g/mol. The number of nitrogens with two attached hydrogens (primary N) is 2. The molecule has 1 unspecified atom stereocenters. The topological polar surface area (TPSA) is 64.9 Å². The van der Waals surface area contributed by atoms with Crippen molar-refractivity contribution in [2.45, 2.75) is 6.04 Å². The molecule has 1 aromatic carbocycles. The summed E-state index contributed by atoms with van der Waals surface area (Å²) in [6.07, 6.45) is 1.41. The Morgan fingerprint density at radius 2 is 1.83 bits per heavy atom. The molecule has 0 bridgehead atoms. The molecule has 4 N–H and O–H groups in total. The molecule has 0 fully saturated rings. The summed E-state index contributed by atoms with van der Waals surface area (Å²) in [5, 5.41) is 0.699. The van der Waals surface area contributed by atoms with Gasteiger partial charge in [0.1, 0.15) is 11.6 Å². The minimum Gasteiger partial charge on any atom is -0.383 e. The van der Waals surface area contributed by atoms with Crippen LogP contribution in [0.2, 0.25) is 10.0 Å². The zero-order chi connectivity index (χ0) is 13.3. The fourth-order valence-corrected chi connectivity index (χ4v) is 1.96. The predicted molar refractivity (Wildman–Crippen MR) is 71.1 cm³/mol. The first kappa shape index (κ1) is 13.1. The smallest absolute Gasteiger partial charge is 0.129 e. The van der Waals surface area contributed by atoms with E-state index in [1.54, 1.807) is 12.1 Å². The van der Waals surface area contributed by atoms with Gasteiger partial charge < -0.3 is 11.5 Å². The van der Waals surface area contributed by atoms with E-state index in [1.165, 1.54) is 18.3 Å². The second-order valence-corrected chi connectivity index (χ2v) is 4.64. The molecule has 3 nitrogen and oxygen atoms in total. The van der Waals surface area contributed by atoms with Crippen LogP contribution >= 0.6 is 23.2 Å². The van der Waals surface area contributed by atoms with E-state index in [4.69, 9.17) is 34.7 Å². The maximum absolute atomic E-state index is 13.8. The van der Waals surface area contributed by atoms with Crippen molar-refractivity contribution in [3.05, 3.63) is 57.5 Å². The van der Waals surface area contributed by atoms with Crippen LogP contribution in [-0.2, 0) is 0 Å². The summed E-state index contributed by atoms with van der Waals surface area (Å²) in [6.45, 7) is 0. The highest BCUT2D eigenvalue weighted by Gasteiger charge is 2.17. The summed E-state index contributed by atoms with van der Waals surface area (Å²) in [5.41, 5.74) is 12.4.